The van der Waals surface area contributed by atoms with Crippen molar-refractivity contribution in [1.29, 1.82) is 0 Å². The minimum atomic E-state index is -0.964. The molecule has 0 radical (unpaired) electrons. The lowest BCUT2D eigenvalue weighted by atomic mass is 9.82. The van der Waals surface area contributed by atoms with Crippen LogP contribution in [0.1, 0.15) is 25.7 Å². The summed E-state index contributed by atoms with van der Waals surface area (Å²) in [5.41, 5.74) is 1.07. The van der Waals surface area contributed by atoms with Gasteiger partial charge in [0, 0.05) is 24.7 Å². The van der Waals surface area contributed by atoms with Crippen LogP contribution in [0.5, 0.6) is 5.75 Å². The number of tetrazole rings is 1. The number of fused-ring (bicyclic) bond motifs is 2. The van der Waals surface area contributed by atoms with Crippen molar-refractivity contribution in [2.75, 3.05) is 11.9 Å². The Kier molecular flexibility index (Phi) is 4.97. The number of hydrogen-bond acceptors (Lipinski definition) is 9. The van der Waals surface area contributed by atoms with E-state index in [-0.39, 0.29) is 23.7 Å². The number of nitrogens with zero attached hydrogens (tertiary/aromatic N) is 8. The van der Waals surface area contributed by atoms with Crippen LogP contribution in [0, 0.1) is 0 Å². The molecule has 2 N–H and O–H groups in total. The summed E-state index contributed by atoms with van der Waals surface area (Å²) in [6.45, 7) is 0. The van der Waals surface area contributed by atoms with Crippen LogP contribution in [0.4, 0.5) is 10.2 Å². The number of nitrogens with one attached hydrogen (secondary N) is 1. The molecule has 1 aromatic carbocycles. The van der Waals surface area contributed by atoms with E-state index in [4.69, 9.17) is 0 Å². The number of benzene rings is 1. The van der Waals surface area contributed by atoms with Crippen LogP contribution < -0.4 is 10.2 Å². The van der Waals surface area contributed by atoms with Gasteiger partial charge in [-0.05, 0) is 36.6 Å². The smallest absolute Gasteiger partial charge is 0.205 e. The molecule has 2 fully saturated rings. The van der Waals surface area contributed by atoms with Crippen molar-refractivity contribution in [1.82, 2.24) is 40.7 Å². The molecule has 3 aromatic rings. The van der Waals surface area contributed by atoms with Gasteiger partial charge in [-0.15, -0.1) is 20.4 Å². The Morgan fingerprint density at radius 2 is 2.06 bits per heavy atom. The largest absolute Gasteiger partial charge is 0.507 e. The van der Waals surface area contributed by atoms with Gasteiger partial charge in [-0.3, -0.25) is 0 Å². The Morgan fingerprint density at radius 3 is 2.77 bits per heavy atom. The lowest BCUT2D eigenvalue weighted by Gasteiger charge is -2.45. The van der Waals surface area contributed by atoms with Gasteiger partial charge in [-0.2, -0.15) is 4.80 Å². The van der Waals surface area contributed by atoms with E-state index in [2.05, 4.69) is 35.9 Å². The van der Waals surface area contributed by atoms with E-state index in [0.717, 1.165) is 25.7 Å². The van der Waals surface area contributed by atoms with E-state index in [0.29, 0.717) is 28.8 Å². The number of phenolic OH excluding ortho intramolecular Hbond substituents is 1. The Balaban J connectivity index is 1.35. The van der Waals surface area contributed by atoms with Crippen LogP contribution in [0.2, 0.25) is 0 Å². The van der Waals surface area contributed by atoms with Crippen molar-refractivity contribution in [2.45, 2.75) is 50.0 Å². The molecule has 0 amide bonds. The van der Waals surface area contributed by atoms with Gasteiger partial charge in [0.25, 0.3) is 0 Å². The zero-order chi connectivity index (χ0) is 21.5. The summed E-state index contributed by atoms with van der Waals surface area (Å²) in [7, 11) is 3.51. The highest BCUT2D eigenvalue weighted by molar-refractivity contribution is 5.69. The number of hydrogen-bond donors (Lipinski definition) is 2. The minimum absolute atomic E-state index is 0.0112. The summed E-state index contributed by atoms with van der Waals surface area (Å²) in [5.74, 6) is 1.19. The summed E-state index contributed by atoms with van der Waals surface area (Å²) in [6.07, 6.45) is 4.36. The van der Waals surface area contributed by atoms with Crippen molar-refractivity contribution < 1.29 is 9.50 Å². The molecule has 0 aliphatic carbocycles. The molecule has 0 unspecified atom stereocenters. The average Bonchev–Trinajstić information content (AvgIpc) is 3.22. The quantitative estimate of drug-likeness (QED) is 0.641. The molecular formula is C20H24FN9O. The van der Waals surface area contributed by atoms with E-state index in [9.17, 15) is 5.11 Å². The standard InChI is InChI=1S/C20H24FN9O/c1-29(15-9-12-4-3-5-14(23-12)18(15)21)17-10-22-20(25-24-17)13-7-6-11(8-16(13)31)19-26-28-30(2)27-19/h6-8,10,12,14-15,18,23,31H,3-5,9H2,1-2H3/t12-,14-,15-,18+/m1/s1. The second-order valence-electron chi connectivity index (χ2n) is 8.23. The second kappa shape index (κ2) is 7.80. The van der Waals surface area contributed by atoms with Crippen molar-refractivity contribution >= 4 is 5.82 Å². The number of anilines is 1. The molecule has 2 aromatic heterocycles. The highest BCUT2D eigenvalue weighted by atomic mass is 19.1. The first-order chi connectivity index (χ1) is 15.0. The summed E-state index contributed by atoms with van der Waals surface area (Å²) < 4.78 is 15.0. The van der Waals surface area contributed by atoms with E-state index >= 15 is 4.39 Å². The van der Waals surface area contributed by atoms with Crippen molar-refractivity contribution in [3.63, 3.8) is 0 Å². The van der Waals surface area contributed by atoms with Crippen LogP contribution in [-0.4, -0.2) is 71.8 Å². The second-order valence-corrected chi connectivity index (χ2v) is 8.23. The van der Waals surface area contributed by atoms with Gasteiger partial charge >= 0.3 is 0 Å². The maximum Gasteiger partial charge on any atom is 0.205 e. The molecule has 31 heavy (non-hydrogen) atoms. The molecule has 2 aliphatic heterocycles. The fourth-order valence-corrected chi connectivity index (χ4v) is 4.54. The molecule has 0 saturated carbocycles. The number of aromatic nitrogens is 7. The van der Waals surface area contributed by atoms with Crippen molar-refractivity contribution in [2.24, 2.45) is 7.05 Å². The number of piperidine rings is 2. The molecule has 4 heterocycles. The maximum atomic E-state index is 15.0. The molecule has 2 aliphatic rings. The number of phenols is 1. The minimum Gasteiger partial charge on any atom is -0.507 e. The number of halogens is 1. The average molecular weight is 425 g/mol. The SMILES string of the molecule is CN(c1cnc(-c2ccc(-c3nnn(C)n3)cc2O)nn1)[C@@H]1C[C@H]2CCC[C@@H](N2)[C@@H]1F. The normalized spacial score (nSPS) is 25.4. The summed E-state index contributed by atoms with van der Waals surface area (Å²) in [4.78, 5) is 7.55. The molecule has 4 atom stereocenters. The zero-order valence-electron chi connectivity index (χ0n) is 17.4. The Hall–Kier alpha value is -3.21. The first-order valence-electron chi connectivity index (χ1n) is 10.4. The molecule has 10 nitrogen and oxygen atoms in total. The number of aryl methyl sites for hydroxylation is 1. The third-order valence-electron chi connectivity index (χ3n) is 6.21. The predicted molar refractivity (Wildman–Crippen MR) is 111 cm³/mol. The van der Waals surface area contributed by atoms with E-state index in [1.165, 1.54) is 10.9 Å². The van der Waals surface area contributed by atoms with Gasteiger partial charge < -0.3 is 15.3 Å². The van der Waals surface area contributed by atoms with E-state index in [1.54, 1.807) is 25.4 Å². The van der Waals surface area contributed by atoms with E-state index in [1.807, 2.05) is 11.9 Å². The molecule has 11 heteroatoms. The molecule has 2 bridgehead atoms. The van der Waals surface area contributed by atoms with Crippen LogP contribution in [-0.2, 0) is 7.05 Å². The topological polar surface area (TPSA) is 118 Å². The Morgan fingerprint density at radius 1 is 1.19 bits per heavy atom. The highest BCUT2D eigenvalue weighted by Gasteiger charge is 2.42. The maximum absolute atomic E-state index is 15.0. The number of alkyl halides is 1. The van der Waals surface area contributed by atoms with Crippen LogP contribution >= 0.6 is 0 Å². The Bertz CT molecular complexity index is 1070. The fourth-order valence-electron chi connectivity index (χ4n) is 4.54. The molecule has 2 saturated heterocycles. The highest BCUT2D eigenvalue weighted by Crippen LogP contribution is 2.33. The van der Waals surface area contributed by atoms with Gasteiger partial charge in [0.2, 0.25) is 5.82 Å². The van der Waals surface area contributed by atoms with Gasteiger partial charge in [0.15, 0.2) is 11.6 Å². The number of rotatable bonds is 4. The first kappa shape index (κ1) is 19.7. The van der Waals surface area contributed by atoms with Gasteiger partial charge in [0.1, 0.15) is 11.9 Å². The summed E-state index contributed by atoms with van der Waals surface area (Å²) in [5, 5.41) is 34.2. The predicted octanol–water partition coefficient (Wildman–Crippen LogP) is 1.49. The first-order valence-corrected chi connectivity index (χ1v) is 10.4. The molecular weight excluding hydrogens is 401 g/mol. The van der Waals surface area contributed by atoms with Crippen LogP contribution in [0.15, 0.2) is 24.4 Å². The van der Waals surface area contributed by atoms with Crippen molar-refractivity contribution in [3.8, 4) is 28.5 Å². The third-order valence-corrected chi connectivity index (χ3v) is 6.21. The van der Waals surface area contributed by atoms with Crippen LogP contribution in [0.3, 0.4) is 0 Å². The fraction of sp³-hybridized carbons (Fsp3) is 0.500. The summed E-state index contributed by atoms with van der Waals surface area (Å²) >= 11 is 0. The Labute approximate surface area is 178 Å². The van der Waals surface area contributed by atoms with Crippen molar-refractivity contribution in [3.05, 3.63) is 24.4 Å². The van der Waals surface area contributed by atoms with E-state index < -0.39 is 6.17 Å². The van der Waals surface area contributed by atoms with Gasteiger partial charge in [-0.1, -0.05) is 12.5 Å². The number of aromatic hydroxyl groups is 1. The van der Waals surface area contributed by atoms with Gasteiger partial charge in [-0.25, -0.2) is 9.37 Å². The monoisotopic (exact) mass is 425 g/mol. The van der Waals surface area contributed by atoms with Crippen LogP contribution in [0.25, 0.3) is 22.8 Å². The third kappa shape index (κ3) is 3.69. The lowest BCUT2D eigenvalue weighted by Crippen LogP contribution is -2.61. The zero-order valence-corrected chi connectivity index (χ0v) is 17.4. The molecule has 162 valence electrons. The lowest BCUT2D eigenvalue weighted by molar-refractivity contribution is 0.107. The van der Waals surface area contributed by atoms with Gasteiger partial charge in [0.05, 0.1) is 24.8 Å². The molecule has 5 rings (SSSR count). The summed E-state index contributed by atoms with van der Waals surface area (Å²) in [6, 6.07) is 4.98. The molecule has 0 spiro atoms.